The van der Waals surface area contributed by atoms with Crippen LogP contribution in [0.15, 0.2) is 41.2 Å². The number of hydrogen-bond donors (Lipinski definition) is 1. The lowest BCUT2D eigenvalue weighted by molar-refractivity contribution is 0.0789. The quantitative estimate of drug-likeness (QED) is 0.744. The largest absolute Gasteiger partial charge is 0.339 e. The molecule has 3 heterocycles. The van der Waals surface area contributed by atoms with Gasteiger partial charge in [-0.25, -0.2) is 4.98 Å². The minimum Gasteiger partial charge on any atom is -0.339 e. The van der Waals surface area contributed by atoms with E-state index in [2.05, 4.69) is 15.1 Å². The van der Waals surface area contributed by atoms with E-state index < -0.39 is 0 Å². The molecule has 5 rings (SSSR count). The summed E-state index contributed by atoms with van der Waals surface area (Å²) in [5, 5.41) is 4.07. The maximum atomic E-state index is 13.1. The molecule has 2 fully saturated rings. The maximum Gasteiger partial charge on any atom is 0.253 e. The summed E-state index contributed by atoms with van der Waals surface area (Å²) in [6.45, 7) is 1.07. The lowest BCUT2D eigenvalue weighted by Crippen LogP contribution is -2.32. The second-order valence-corrected chi connectivity index (χ2v) is 7.69. The normalized spacial score (nSPS) is 22.0. The van der Waals surface area contributed by atoms with Gasteiger partial charge in [0.1, 0.15) is 5.82 Å². The molecule has 0 bridgehead atoms. The first-order chi connectivity index (χ1) is 13.6. The molecule has 8 nitrogen and oxygen atoms in total. The first-order valence-electron chi connectivity index (χ1n) is 9.56. The van der Waals surface area contributed by atoms with E-state index in [4.69, 9.17) is 10.3 Å². The summed E-state index contributed by atoms with van der Waals surface area (Å²) in [6, 6.07) is 7.25. The fourth-order valence-corrected chi connectivity index (χ4v) is 3.82. The molecule has 1 amide bonds. The van der Waals surface area contributed by atoms with Crippen LogP contribution in [0, 0.1) is 0 Å². The van der Waals surface area contributed by atoms with Crippen molar-refractivity contribution >= 4 is 5.91 Å². The van der Waals surface area contributed by atoms with Gasteiger partial charge in [-0.3, -0.25) is 4.79 Å². The number of carbonyl (C=O) groups excluding carboxylic acids is 1. The minimum atomic E-state index is -0.133. The number of hydrogen-bond acceptors (Lipinski definition) is 6. The van der Waals surface area contributed by atoms with Crippen molar-refractivity contribution in [3.05, 3.63) is 53.9 Å². The molecule has 2 atom stereocenters. The summed E-state index contributed by atoms with van der Waals surface area (Å²) in [6.07, 6.45) is 5.87. The third kappa shape index (κ3) is 2.99. The van der Waals surface area contributed by atoms with E-state index in [1.165, 1.54) is 0 Å². The number of aromatic nitrogens is 4. The molecule has 1 saturated carbocycles. The van der Waals surface area contributed by atoms with Crippen molar-refractivity contribution in [2.75, 3.05) is 13.1 Å². The second-order valence-electron chi connectivity index (χ2n) is 7.69. The Bertz CT molecular complexity index is 1020. The SMILES string of the molecule is Cn1ccnc1[C@@H]1CN(C(=O)c2cccc(-c3noc(C4CC4)n3)c2)C[C@H]1N. The fourth-order valence-electron chi connectivity index (χ4n) is 3.82. The highest BCUT2D eigenvalue weighted by atomic mass is 16.5. The van der Waals surface area contributed by atoms with Crippen LogP contribution < -0.4 is 5.73 Å². The first kappa shape index (κ1) is 17.1. The Balaban J connectivity index is 1.36. The van der Waals surface area contributed by atoms with Gasteiger partial charge in [0.2, 0.25) is 11.7 Å². The number of nitrogens with zero attached hydrogens (tertiary/aromatic N) is 5. The standard InChI is InChI=1S/C20H22N6O2/c1-25-8-7-22-18(25)15-10-26(11-16(15)21)20(27)14-4-2-3-13(9-14)17-23-19(28-24-17)12-5-6-12/h2-4,7-9,12,15-16H,5-6,10-11,21H2,1H3/t15-,16-/m1/s1. The van der Waals surface area contributed by atoms with Crippen LogP contribution in [0.4, 0.5) is 0 Å². The van der Waals surface area contributed by atoms with Crippen LogP contribution in [0.25, 0.3) is 11.4 Å². The van der Waals surface area contributed by atoms with Crippen LogP contribution in [0.5, 0.6) is 0 Å². The second kappa shape index (κ2) is 6.56. The van der Waals surface area contributed by atoms with E-state index >= 15 is 0 Å². The Morgan fingerprint density at radius 1 is 1.29 bits per heavy atom. The lowest BCUT2D eigenvalue weighted by Gasteiger charge is -2.16. The number of benzene rings is 1. The molecular weight excluding hydrogens is 356 g/mol. The summed E-state index contributed by atoms with van der Waals surface area (Å²) in [7, 11) is 1.95. The van der Waals surface area contributed by atoms with Gasteiger partial charge in [0.25, 0.3) is 5.91 Å². The minimum absolute atomic E-state index is 0.0328. The molecule has 2 aromatic heterocycles. The number of rotatable bonds is 4. The molecular formula is C20H22N6O2. The molecule has 2 N–H and O–H groups in total. The Kier molecular flexibility index (Phi) is 4.01. The number of nitrogens with two attached hydrogens (primary N) is 1. The number of carbonyl (C=O) groups is 1. The highest BCUT2D eigenvalue weighted by Crippen LogP contribution is 2.39. The van der Waals surface area contributed by atoms with Crippen LogP contribution >= 0.6 is 0 Å². The summed E-state index contributed by atoms with van der Waals surface area (Å²) in [5.41, 5.74) is 7.71. The molecule has 1 aliphatic heterocycles. The number of imidazole rings is 1. The third-order valence-electron chi connectivity index (χ3n) is 5.58. The highest BCUT2D eigenvalue weighted by Gasteiger charge is 2.36. The molecule has 3 aromatic rings. The van der Waals surface area contributed by atoms with Gasteiger partial charge >= 0.3 is 0 Å². The van der Waals surface area contributed by atoms with Gasteiger partial charge in [0.05, 0.1) is 5.92 Å². The van der Waals surface area contributed by atoms with Gasteiger partial charge in [-0.1, -0.05) is 17.3 Å². The molecule has 8 heteroatoms. The Morgan fingerprint density at radius 2 is 2.14 bits per heavy atom. The molecule has 2 aliphatic rings. The van der Waals surface area contributed by atoms with E-state index in [-0.39, 0.29) is 17.9 Å². The summed E-state index contributed by atoms with van der Waals surface area (Å²) >= 11 is 0. The maximum absolute atomic E-state index is 13.1. The molecule has 0 radical (unpaired) electrons. The predicted molar refractivity (Wildman–Crippen MR) is 102 cm³/mol. The van der Waals surface area contributed by atoms with Crippen LogP contribution in [0.1, 0.15) is 46.8 Å². The highest BCUT2D eigenvalue weighted by molar-refractivity contribution is 5.95. The van der Waals surface area contributed by atoms with Crippen molar-refractivity contribution in [2.45, 2.75) is 30.7 Å². The number of likely N-dealkylation sites (tertiary alicyclic amines) is 1. The van der Waals surface area contributed by atoms with Gasteiger partial charge in [0, 0.05) is 55.6 Å². The van der Waals surface area contributed by atoms with Gasteiger partial charge < -0.3 is 19.7 Å². The van der Waals surface area contributed by atoms with Crippen molar-refractivity contribution in [3.63, 3.8) is 0 Å². The predicted octanol–water partition coefficient (Wildman–Crippen LogP) is 1.91. The molecule has 28 heavy (non-hydrogen) atoms. The van der Waals surface area contributed by atoms with Crippen molar-refractivity contribution < 1.29 is 9.32 Å². The third-order valence-corrected chi connectivity index (χ3v) is 5.58. The van der Waals surface area contributed by atoms with Crippen molar-refractivity contribution in [1.29, 1.82) is 0 Å². The zero-order chi connectivity index (χ0) is 19.3. The molecule has 144 valence electrons. The van der Waals surface area contributed by atoms with Crippen molar-refractivity contribution in [1.82, 2.24) is 24.6 Å². The molecule has 0 spiro atoms. The van der Waals surface area contributed by atoms with Crippen LogP contribution in [0.2, 0.25) is 0 Å². The lowest BCUT2D eigenvalue weighted by atomic mass is 10.0. The van der Waals surface area contributed by atoms with Gasteiger partial charge in [-0.15, -0.1) is 0 Å². The van der Waals surface area contributed by atoms with Crippen LogP contribution in [-0.2, 0) is 7.05 Å². The molecule has 1 aromatic carbocycles. The van der Waals surface area contributed by atoms with E-state index in [0.29, 0.717) is 36.3 Å². The van der Waals surface area contributed by atoms with Gasteiger partial charge in [-0.2, -0.15) is 4.98 Å². The smallest absolute Gasteiger partial charge is 0.253 e. The topological polar surface area (TPSA) is 103 Å². The molecule has 0 unspecified atom stereocenters. The zero-order valence-electron chi connectivity index (χ0n) is 15.7. The van der Waals surface area contributed by atoms with Crippen molar-refractivity contribution in [2.24, 2.45) is 12.8 Å². The number of amides is 1. The van der Waals surface area contributed by atoms with E-state index in [1.807, 2.05) is 42.1 Å². The van der Waals surface area contributed by atoms with E-state index in [1.54, 1.807) is 11.1 Å². The average Bonchev–Trinajstić information content (AvgIpc) is 3.10. The van der Waals surface area contributed by atoms with Gasteiger partial charge in [-0.05, 0) is 25.0 Å². The van der Waals surface area contributed by atoms with Crippen LogP contribution in [0.3, 0.4) is 0 Å². The summed E-state index contributed by atoms with van der Waals surface area (Å²) < 4.78 is 7.31. The number of aryl methyl sites for hydroxylation is 1. The summed E-state index contributed by atoms with van der Waals surface area (Å²) in [5.74, 6) is 2.53. The zero-order valence-corrected chi connectivity index (χ0v) is 15.7. The summed E-state index contributed by atoms with van der Waals surface area (Å²) in [4.78, 5) is 23.8. The fraction of sp³-hybridized carbons (Fsp3) is 0.400. The van der Waals surface area contributed by atoms with Crippen LogP contribution in [-0.4, -0.2) is 49.6 Å². The van der Waals surface area contributed by atoms with Gasteiger partial charge in [0.15, 0.2) is 0 Å². The van der Waals surface area contributed by atoms with Crippen molar-refractivity contribution in [3.8, 4) is 11.4 Å². The average molecular weight is 378 g/mol. The van der Waals surface area contributed by atoms with E-state index in [0.717, 1.165) is 24.2 Å². The monoisotopic (exact) mass is 378 g/mol. The van der Waals surface area contributed by atoms with E-state index in [9.17, 15) is 4.79 Å². The Hall–Kier alpha value is -3.00. The molecule has 1 aliphatic carbocycles. The Labute approximate surface area is 162 Å². The first-order valence-corrected chi connectivity index (χ1v) is 9.56. The molecule has 1 saturated heterocycles. The Morgan fingerprint density at radius 3 is 2.89 bits per heavy atom.